The highest BCUT2D eigenvalue weighted by Gasteiger charge is 2.38. The van der Waals surface area contributed by atoms with Crippen molar-refractivity contribution < 1.29 is 23.8 Å². The number of rotatable bonds is 3. The molecule has 0 aliphatic carbocycles. The number of methoxy groups -OCH3 is 1. The number of benzene rings is 1. The zero-order chi connectivity index (χ0) is 17.3. The number of esters is 2. The number of hydrogen-bond donors (Lipinski definition) is 0. The summed E-state index contributed by atoms with van der Waals surface area (Å²) in [5.41, 5.74) is 1.58. The monoisotopic (exact) mass is 331 g/mol. The lowest BCUT2D eigenvalue weighted by Crippen LogP contribution is -2.41. The van der Waals surface area contributed by atoms with Crippen molar-refractivity contribution in [1.29, 1.82) is 0 Å². The molecule has 3 rings (SSSR count). The van der Waals surface area contributed by atoms with E-state index in [4.69, 9.17) is 14.2 Å². The second kappa shape index (κ2) is 6.19. The zero-order valence-electron chi connectivity index (χ0n) is 14.1. The number of cyclic esters (lactones) is 2. The van der Waals surface area contributed by atoms with Gasteiger partial charge in [-0.25, -0.2) is 9.59 Å². The Balaban J connectivity index is 1.90. The molecule has 1 aromatic rings. The first-order chi connectivity index (χ1) is 11.4. The van der Waals surface area contributed by atoms with E-state index < -0.39 is 17.7 Å². The van der Waals surface area contributed by atoms with Crippen LogP contribution in [0.2, 0.25) is 0 Å². The second-order valence-electron chi connectivity index (χ2n) is 6.36. The highest BCUT2D eigenvalue weighted by Crippen LogP contribution is 2.33. The van der Waals surface area contributed by atoms with Crippen molar-refractivity contribution in [3.63, 3.8) is 0 Å². The molecule has 0 radical (unpaired) electrons. The standard InChI is InChI=1S/C18H21NO5/c1-18(2)23-16(20)13(17(21)24-18)10-12-6-7-14(15(11-12)22-3)19-8-4-5-9-19/h6-7,10-11H,4-5,8-9H2,1-3H3. The van der Waals surface area contributed by atoms with Gasteiger partial charge in [-0.05, 0) is 36.6 Å². The first kappa shape index (κ1) is 16.4. The van der Waals surface area contributed by atoms with E-state index >= 15 is 0 Å². The third-order valence-electron chi connectivity index (χ3n) is 4.08. The summed E-state index contributed by atoms with van der Waals surface area (Å²) >= 11 is 0. The molecule has 0 saturated carbocycles. The summed E-state index contributed by atoms with van der Waals surface area (Å²) in [6.45, 7) is 5.05. The summed E-state index contributed by atoms with van der Waals surface area (Å²) in [5.74, 6) is -1.88. The van der Waals surface area contributed by atoms with Gasteiger partial charge in [0.15, 0.2) is 0 Å². The van der Waals surface area contributed by atoms with Crippen LogP contribution in [0.25, 0.3) is 6.08 Å². The Morgan fingerprint density at radius 2 is 1.75 bits per heavy atom. The van der Waals surface area contributed by atoms with Crippen molar-refractivity contribution in [3.05, 3.63) is 29.3 Å². The summed E-state index contributed by atoms with van der Waals surface area (Å²) < 4.78 is 15.7. The summed E-state index contributed by atoms with van der Waals surface area (Å²) in [6.07, 6.45) is 3.81. The molecule has 6 nitrogen and oxygen atoms in total. The van der Waals surface area contributed by atoms with Crippen LogP contribution in [-0.2, 0) is 19.1 Å². The van der Waals surface area contributed by atoms with Crippen LogP contribution in [-0.4, -0.2) is 37.9 Å². The van der Waals surface area contributed by atoms with E-state index in [9.17, 15) is 9.59 Å². The Hall–Kier alpha value is -2.50. The van der Waals surface area contributed by atoms with Crippen LogP contribution in [0.4, 0.5) is 5.69 Å². The molecule has 2 saturated heterocycles. The number of nitrogens with zero attached hydrogens (tertiary/aromatic N) is 1. The molecule has 1 aromatic carbocycles. The second-order valence-corrected chi connectivity index (χ2v) is 6.36. The van der Waals surface area contributed by atoms with Gasteiger partial charge in [0, 0.05) is 26.9 Å². The van der Waals surface area contributed by atoms with Gasteiger partial charge in [-0.2, -0.15) is 0 Å². The van der Waals surface area contributed by atoms with Crippen LogP contribution in [0.15, 0.2) is 23.8 Å². The maximum Gasteiger partial charge on any atom is 0.348 e. The van der Waals surface area contributed by atoms with Gasteiger partial charge in [0.2, 0.25) is 0 Å². The van der Waals surface area contributed by atoms with Crippen LogP contribution in [0, 0.1) is 0 Å². The predicted molar refractivity (Wildman–Crippen MR) is 88.7 cm³/mol. The molecule has 0 aromatic heterocycles. The normalized spacial score (nSPS) is 19.8. The fourth-order valence-corrected chi connectivity index (χ4v) is 2.95. The minimum atomic E-state index is -1.23. The first-order valence-corrected chi connectivity index (χ1v) is 8.01. The van der Waals surface area contributed by atoms with Crippen molar-refractivity contribution in [3.8, 4) is 5.75 Å². The SMILES string of the molecule is COc1cc(C=C2C(=O)OC(C)(C)OC2=O)ccc1N1CCCC1. The predicted octanol–water partition coefficient (Wildman–Crippen LogP) is 2.51. The lowest BCUT2D eigenvalue weighted by atomic mass is 10.1. The van der Waals surface area contributed by atoms with Gasteiger partial charge in [-0.3, -0.25) is 0 Å². The summed E-state index contributed by atoms with van der Waals surface area (Å²) in [4.78, 5) is 26.3. The molecule has 6 heteroatoms. The third kappa shape index (κ3) is 3.22. The quantitative estimate of drug-likeness (QED) is 0.482. The van der Waals surface area contributed by atoms with Crippen LogP contribution < -0.4 is 9.64 Å². The fraction of sp³-hybridized carbons (Fsp3) is 0.444. The Morgan fingerprint density at radius 3 is 2.33 bits per heavy atom. The molecule has 24 heavy (non-hydrogen) atoms. The van der Waals surface area contributed by atoms with Gasteiger partial charge >= 0.3 is 11.9 Å². The highest BCUT2D eigenvalue weighted by atomic mass is 16.7. The van der Waals surface area contributed by atoms with E-state index in [0.717, 1.165) is 18.8 Å². The maximum absolute atomic E-state index is 12.0. The number of carbonyl (C=O) groups excluding carboxylic acids is 2. The van der Waals surface area contributed by atoms with Crippen molar-refractivity contribution in [2.45, 2.75) is 32.5 Å². The van der Waals surface area contributed by atoms with Gasteiger partial charge < -0.3 is 19.1 Å². The molecule has 0 spiro atoms. The van der Waals surface area contributed by atoms with E-state index in [-0.39, 0.29) is 5.57 Å². The minimum absolute atomic E-state index is 0.120. The Morgan fingerprint density at radius 1 is 1.12 bits per heavy atom. The zero-order valence-corrected chi connectivity index (χ0v) is 14.1. The van der Waals surface area contributed by atoms with Gasteiger partial charge in [0.05, 0.1) is 12.8 Å². The minimum Gasteiger partial charge on any atom is -0.495 e. The van der Waals surface area contributed by atoms with E-state index in [1.54, 1.807) is 13.2 Å². The van der Waals surface area contributed by atoms with Crippen LogP contribution in [0.1, 0.15) is 32.3 Å². The summed E-state index contributed by atoms with van der Waals surface area (Å²) in [7, 11) is 1.61. The molecule has 2 aliphatic heterocycles. The molecule has 0 N–H and O–H groups in total. The Bertz CT molecular complexity index is 679. The van der Waals surface area contributed by atoms with Gasteiger partial charge in [-0.1, -0.05) is 6.07 Å². The smallest absolute Gasteiger partial charge is 0.348 e. The summed E-state index contributed by atoms with van der Waals surface area (Å²) in [5, 5.41) is 0. The van der Waals surface area contributed by atoms with Gasteiger partial charge in [0.25, 0.3) is 5.79 Å². The first-order valence-electron chi connectivity index (χ1n) is 8.01. The Labute approximate surface area is 141 Å². The van der Waals surface area contributed by atoms with E-state index in [0.29, 0.717) is 11.3 Å². The lowest BCUT2D eigenvalue weighted by Gasteiger charge is -2.29. The van der Waals surface area contributed by atoms with Crippen LogP contribution in [0.5, 0.6) is 5.75 Å². The molecule has 2 aliphatic rings. The maximum atomic E-state index is 12.0. The number of hydrogen-bond acceptors (Lipinski definition) is 6. The van der Waals surface area contributed by atoms with Crippen LogP contribution in [0.3, 0.4) is 0 Å². The highest BCUT2D eigenvalue weighted by molar-refractivity contribution is 6.18. The molecule has 128 valence electrons. The number of ether oxygens (including phenoxy) is 3. The fourth-order valence-electron chi connectivity index (χ4n) is 2.95. The average molecular weight is 331 g/mol. The molecular weight excluding hydrogens is 310 g/mol. The summed E-state index contributed by atoms with van der Waals surface area (Å²) in [6, 6.07) is 5.60. The van der Waals surface area contributed by atoms with E-state index in [1.165, 1.54) is 32.8 Å². The molecule has 0 unspecified atom stereocenters. The molecule has 2 heterocycles. The van der Waals surface area contributed by atoms with E-state index in [1.807, 2.05) is 12.1 Å². The lowest BCUT2D eigenvalue weighted by molar-refractivity contribution is -0.222. The number of carbonyl (C=O) groups is 2. The third-order valence-corrected chi connectivity index (χ3v) is 4.08. The average Bonchev–Trinajstić information content (AvgIpc) is 3.04. The molecular formula is C18H21NO5. The topological polar surface area (TPSA) is 65.1 Å². The van der Waals surface area contributed by atoms with Crippen molar-refractivity contribution >= 4 is 23.7 Å². The van der Waals surface area contributed by atoms with Crippen molar-refractivity contribution in [1.82, 2.24) is 0 Å². The molecule has 2 fully saturated rings. The molecule has 0 amide bonds. The van der Waals surface area contributed by atoms with Crippen molar-refractivity contribution in [2.24, 2.45) is 0 Å². The van der Waals surface area contributed by atoms with Crippen molar-refractivity contribution in [2.75, 3.05) is 25.1 Å². The Kier molecular flexibility index (Phi) is 4.22. The largest absolute Gasteiger partial charge is 0.495 e. The van der Waals surface area contributed by atoms with E-state index in [2.05, 4.69) is 4.90 Å². The van der Waals surface area contributed by atoms with Crippen LogP contribution >= 0.6 is 0 Å². The van der Waals surface area contributed by atoms with Gasteiger partial charge in [0.1, 0.15) is 11.3 Å². The molecule has 0 atom stereocenters. The number of anilines is 1. The molecule has 0 bridgehead atoms. The van der Waals surface area contributed by atoms with Gasteiger partial charge in [-0.15, -0.1) is 0 Å².